The average molecular weight is 330 g/mol. The van der Waals surface area contributed by atoms with Crippen LogP contribution in [-0.2, 0) is 4.79 Å². The van der Waals surface area contributed by atoms with Crippen LogP contribution in [-0.4, -0.2) is 23.3 Å². The highest BCUT2D eigenvalue weighted by Gasteiger charge is 2.13. The number of carbonyl (C=O) groups excluding carboxylic acids is 1. The minimum Gasteiger partial charge on any atom is -0.386 e. The molecular weight excluding hydrogens is 315 g/mol. The van der Waals surface area contributed by atoms with Gasteiger partial charge in [0, 0.05) is 17.0 Å². The molecule has 0 aliphatic heterocycles. The van der Waals surface area contributed by atoms with E-state index >= 15 is 0 Å². The first-order valence-electron chi connectivity index (χ1n) is 6.92. The molecule has 0 aromatic heterocycles. The van der Waals surface area contributed by atoms with Gasteiger partial charge in [-0.05, 0) is 30.3 Å². The maximum Gasteiger partial charge on any atom is 0.230 e. The minimum absolute atomic E-state index is 0.0479. The fourth-order valence-electron chi connectivity index (χ4n) is 1.89. The van der Waals surface area contributed by atoms with Gasteiger partial charge in [-0.1, -0.05) is 18.2 Å². The van der Waals surface area contributed by atoms with Gasteiger partial charge in [-0.2, -0.15) is 5.26 Å². The number of aliphatic hydroxyl groups is 1. The van der Waals surface area contributed by atoms with Crippen molar-refractivity contribution in [2.24, 2.45) is 0 Å². The molecule has 2 aromatic carbocycles. The van der Waals surface area contributed by atoms with Crippen LogP contribution in [0.4, 0.5) is 4.39 Å². The van der Waals surface area contributed by atoms with Gasteiger partial charge in [0.2, 0.25) is 5.91 Å². The number of rotatable bonds is 6. The number of amides is 1. The quantitative estimate of drug-likeness (QED) is 0.799. The summed E-state index contributed by atoms with van der Waals surface area (Å²) in [4.78, 5) is 12.6. The van der Waals surface area contributed by atoms with Crippen LogP contribution >= 0.6 is 11.8 Å². The van der Waals surface area contributed by atoms with Gasteiger partial charge in [-0.3, -0.25) is 4.79 Å². The van der Waals surface area contributed by atoms with E-state index in [-0.39, 0.29) is 23.8 Å². The summed E-state index contributed by atoms with van der Waals surface area (Å²) in [7, 11) is 0. The highest BCUT2D eigenvalue weighted by Crippen LogP contribution is 2.18. The van der Waals surface area contributed by atoms with Gasteiger partial charge in [-0.15, -0.1) is 11.8 Å². The van der Waals surface area contributed by atoms with Gasteiger partial charge in [0.1, 0.15) is 5.82 Å². The average Bonchev–Trinajstić information content (AvgIpc) is 2.58. The summed E-state index contributed by atoms with van der Waals surface area (Å²) >= 11 is 1.32. The molecule has 0 aliphatic rings. The second kappa shape index (κ2) is 8.32. The fourth-order valence-corrected chi connectivity index (χ4v) is 2.62. The van der Waals surface area contributed by atoms with Crippen molar-refractivity contribution in [1.82, 2.24) is 5.32 Å². The van der Waals surface area contributed by atoms with Gasteiger partial charge in [0.05, 0.1) is 23.5 Å². The molecule has 0 heterocycles. The van der Waals surface area contributed by atoms with Crippen LogP contribution in [0.5, 0.6) is 0 Å². The zero-order valence-electron chi connectivity index (χ0n) is 12.2. The van der Waals surface area contributed by atoms with E-state index in [9.17, 15) is 14.3 Å². The topological polar surface area (TPSA) is 73.1 Å². The van der Waals surface area contributed by atoms with Gasteiger partial charge >= 0.3 is 0 Å². The van der Waals surface area contributed by atoms with Crippen molar-refractivity contribution >= 4 is 17.7 Å². The Morgan fingerprint density at radius 1 is 1.26 bits per heavy atom. The summed E-state index contributed by atoms with van der Waals surface area (Å²) in [6, 6.07) is 14.8. The third kappa shape index (κ3) is 5.09. The number of carbonyl (C=O) groups is 1. The zero-order chi connectivity index (χ0) is 16.7. The van der Waals surface area contributed by atoms with Crippen molar-refractivity contribution in [3.05, 3.63) is 65.5 Å². The van der Waals surface area contributed by atoms with E-state index in [2.05, 4.69) is 5.32 Å². The molecule has 0 saturated heterocycles. The van der Waals surface area contributed by atoms with E-state index < -0.39 is 11.9 Å². The fraction of sp³-hybridized carbons (Fsp3) is 0.176. The van der Waals surface area contributed by atoms with Crippen molar-refractivity contribution in [3.8, 4) is 6.07 Å². The molecule has 2 aromatic rings. The molecule has 23 heavy (non-hydrogen) atoms. The van der Waals surface area contributed by atoms with Crippen molar-refractivity contribution in [3.63, 3.8) is 0 Å². The third-order valence-corrected chi connectivity index (χ3v) is 4.12. The van der Waals surface area contributed by atoms with Crippen LogP contribution in [0.1, 0.15) is 17.2 Å². The van der Waals surface area contributed by atoms with E-state index in [0.717, 1.165) is 4.90 Å². The molecule has 0 saturated carbocycles. The Bertz CT molecular complexity index is 713. The molecule has 4 nitrogen and oxygen atoms in total. The lowest BCUT2D eigenvalue weighted by Crippen LogP contribution is -2.30. The lowest BCUT2D eigenvalue weighted by Gasteiger charge is -2.13. The molecule has 0 radical (unpaired) electrons. The van der Waals surface area contributed by atoms with E-state index in [0.29, 0.717) is 5.56 Å². The lowest BCUT2D eigenvalue weighted by atomic mass is 10.1. The van der Waals surface area contributed by atoms with Gasteiger partial charge < -0.3 is 10.4 Å². The molecule has 0 fully saturated rings. The Morgan fingerprint density at radius 3 is 2.61 bits per heavy atom. The minimum atomic E-state index is -1.08. The number of nitrogens with zero attached hydrogens (tertiary/aromatic N) is 1. The number of halogens is 1. The normalized spacial score (nSPS) is 11.5. The molecule has 118 valence electrons. The van der Waals surface area contributed by atoms with Crippen LogP contribution < -0.4 is 5.32 Å². The van der Waals surface area contributed by atoms with Gasteiger partial charge in [0.15, 0.2) is 0 Å². The van der Waals surface area contributed by atoms with Crippen LogP contribution in [0.2, 0.25) is 0 Å². The SMILES string of the molecule is N#Cc1ccc(SCC(=O)NCC(O)c2ccccc2F)cc1. The molecule has 0 aliphatic carbocycles. The maximum atomic E-state index is 13.5. The van der Waals surface area contributed by atoms with Crippen LogP contribution in [0.3, 0.4) is 0 Å². The van der Waals surface area contributed by atoms with Crippen LogP contribution in [0, 0.1) is 17.1 Å². The number of nitrogens with one attached hydrogen (secondary N) is 1. The first-order valence-corrected chi connectivity index (χ1v) is 7.91. The highest BCUT2D eigenvalue weighted by molar-refractivity contribution is 8.00. The first-order chi connectivity index (χ1) is 11.1. The van der Waals surface area contributed by atoms with Crippen molar-refractivity contribution in [1.29, 1.82) is 5.26 Å². The summed E-state index contributed by atoms with van der Waals surface area (Å²) in [5, 5.41) is 21.2. The second-order valence-electron chi connectivity index (χ2n) is 4.77. The number of hydrogen-bond acceptors (Lipinski definition) is 4. The Balaban J connectivity index is 1.78. The largest absolute Gasteiger partial charge is 0.386 e. The van der Waals surface area contributed by atoms with Crippen molar-refractivity contribution < 1.29 is 14.3 Å². The van der Waals surface area contributed by atoms with E-state index in [1.165, 1.54) is 23.9 Å². The smallest absolute Gasteiger partial charge is 0.230 e. The summed E-state index contributed by atoms with van der Waals surface area (Å²) < 4.78 is 13.5. The molecule has 1 atom stereocenters. The van der Waals surface area contributed by atoms with E-state index in [1.54, 1.807) is 36.4 Å². The number of hydrogen-bond donors (Lipinski definition) is 2. The molecule has 1 amide bonds. The Kier molecular flexibility index (Phi) is 6.15. The van der Waals surface area contributed by atoms with Gasteiger partial charge in [0.25, 0.3) is 0 Å². The predicted octanol–water partition coefficient (Wildman–Crippen LogP) is 2.64. The highest BCUT2D eigenvalue weighted by atomic mass is 32.2. The second-order valence-corrected chi connectivity index (χ2v) is 5.81. The third-order valence-electron chi connectivity index (χ3n) is 3.11. The number of thioether (sulfide) groups is 1. The summed E-state index contributed by atoms with van der Waals surface area (Å²) in [5.41, 5.74) is 0.722. The van der Waals surface area contributed by atoms with E-state index in [4.69, 9.17) is 5.26 Å². The summed E-state index contributed by atoms with van der Waals surface area (Å²) in [6.45, 7) is -0.0479. The molecule has 2 rings (SSSR count). The lowest BCUT2D eigenvalue weighted by molar-refractivity contribution is -0.119. The molecule has 0 bridgehead atoms. The first kappa shape index (κ1) is 17.0. The molecule has 0 spiro atoms. The molecule has 2 N–H and O–H groups in total. The summed E-state index contributed by atoms with van der Waals surface area (Å²) in [5.74, 6) is -0.577. The Hall–Kier alpha value is -2.36. The van der Waals surface area contributed by atoms with E-state index in [1.807, 2.05) is 6.07 Å². The van der Waals surface area contributed by atoms with Crippen LogP contribution in [0.25, 0.3) is 0 Å². The predicted molar refractivity (Wildman–Crippen MR) is 86.3 cm³/mol. The molecule has 6 heteroatoms. The number of nitriles is 1. The molecular formula is C17H15FN2O2S. The summed E-state index contributed by atoms with van der Waals surface area (Å²) in [6.07, 6.45) is -1.08. The monoisotopic (exact) mass is 330 g/mol. The van der Waals surface area contributed by atoms with Crippen LogP contribution in [0.15, 0.2) is 53.4 Å². The zero-order valence-corrected chi connectivity index (χ0v) is 13.0. The van der Waals surface area contributed by atoms with Gasteiger partial charge in [-0.25, -0.2) is 4.39 Å². The van der Waals surface area contributed by atoms with Crippen molar-refractivity contribution in [2.75, 3.05) is 12.3 Å². The maximum absolute atomic E-state index is 13.5. The standard InChI is InChI=1S/C17H15FN2O2S/c18-15-4-2-1-3-14(15)16(21)10-20-17(22)11-23-13-7-5-12(9-19)6-8-13/h1-8,16,21H,10-11H2,(H,20,22). The van der Waals surface area contributed by atoms with Crippen molar-refractivity contribution in [2.45, 2.75) is 11.0 Å². The number of aliphatic hydroxyl groups excluding tert-OH is 1. The Morgan fingerprint density at radius 2 is 1.96 bits per heavy atom. The Labute approximate surface area is 138 Å². The molecule has 1 unspecified atom stereocenters. The number of benzene rings is 2.